The average Bonchev–Trinajstić information content (AvgIpc) is 3.30. The molecule has 1 aliphatic heterocycles. The second-order valence-corrected chi connectivity index (χ2v) is 6.82. The molecule has 0 bridgehead atoms. The first-order valence-corrected chi connectivity index (χ1v) is 9.63. The number of aliphatic imine (C=N–C) groups is 1. The maximum absolute atomic E-state index is 14.5. The number of anilines is 1. The van der Waals surface area contributed by atoms with Crippen LogP contribution in [0.5, 0.6) is 0 Å². The number of guanidine groups is 1. The van der Waals surface area contributed by atoms with Crippen LogP contribution >= 0.6 is 0 Å². The lowest BCUT2D eigenvalue weighted by Gasteiger charge is -2.37. The summed E-state index contributed by atoms with van der Waals surface area (Å²) in [7, 11) is 1.77. The van der Waals surface area contributed by atoms with Crippen LogP contribution in [-0.2, 0) is 6.54 Å². The lowest BCUT2D eigenvalue weighted by atomic mass is 10.2. The van der Waals surface area contributed by atoms with Gasteiger partial charge in [0.15, 0.2) is 5.96 Å². The van der Waals surface area contributed by atoms with Crippen LogP contribution in [0.3, 0.4) is 0 Å². The zero-order valence-electron chi connectivity index (χ0n) is 16.4. The largest absolute Gasteiger partial charge is 0.353 e. The zero-order valence-corrected chi connectivity index (χ0v) is 16.4. The Morgan fingerprint density at radius 1 is 1.14 bits per heavy atom. The highest BCUT2D eigenvalue weighted by atomic mass is 19.1. The summed E-state index contributed by atoms with van der Waals surface area (Å²) in [6.45, 7) is 3.97. The first-order valence-electron chi connectivity index (χ1n) is 9.63. The van der Waals surface area contributed by atoms with Gasteiger partial charge in [0.2, 0.25) is 0 Å². The smallest absolute Gasteiger partial charge is 0.194 e. The van der Waals surface area contributed by atoms with Crippen molar-refractivity contribution in [1.29, 1.82) is 0 Å². The average molecular weight is 393 g/mol. The van der Waals surface area contributed by atoms with Crippen LogP contribution in [0.25, 0.3) is 5.69 Å². The summed E-state index contributed by atoms with van der Waals surface area (Å²) < 4.78 is 16.1. The number of hydrogen-bond donors (Lipinski definition) is 1. The molecule has 0 saturated carbocycles. The van der Waals surface area contributed by atoms with Gasteiger partial charge < -0.3 is 19.7 Å². The minimum Gasteiger partial charge on any atom is -0.353 e. The van der Waals surface area contributed by atoms with Crippen LogP contribution in [0.1, 0.15) is 5.56 Å². The van der Waals surface area contributed by atoms with Gasteiger partial charge in [-0.3, -0.25) is 4.99 Å². The maximum Gasteiger partial charge on any atom is 0.194 e. The van der Waals surface area contributed by atoms with E-state index in [9.17, 15) is 4.39 Å². The summed E-state index contributed by atoms with van der Waals surface area (Å²) in [5, 5.41) is 3.35. The topological polar surface area (TPSA) is 61.6 Å². The molecule has 0 unspecified atom stereocenters. The predicted molar refractivity (Wildman–Crippen MR) is 112 cm³/mol. The van der Waals surface area contributed by atoms with Gasteiger partial charge in [-0.25, -0.2) is 14.4 Å². The Labute approximate surface area is 169 Å². The van der Waals surface area contributed by atoms with E-state index in [0.29, 0.717) is 12.2 Å². The number of rotatable bonds is 4. The van der Waals surface area contributed by atoms with Gasteiger partial charge in [-0.05, 0) is 29.8 Å². The molecule has 8 heteroatoms. The number of nitrogens with zero attached hydrogens (tertiary/aromatic N) is 6. The number of nitrogens with one attached hydrogen (secondary N) is 1. The number of pyridine rings is 1. The van der Waals surface area contributed by atoms with Crippen LogP contribution in [0.15, 0.2) is 66.3 Å². The van der Waals surface area contributed by atoms with Crippen LogP contribution in [0, 0.1) is 5.82 Å². The summed E-state index contributed by atoms with van der Waals surface area (Å²) in [6.07, 6.45) is 6.76. The molecule has 4 rings (SSSR count). The Morgan fingerprint density at radius 2 is 2.00 bits per heavy atom. The Hall–Kier alpha value is -3.42. The van der Waals surface area contributed by atoms with Gasteiger partial charge in [0.1, 0.15) is 11.6 Å². The second kappa shape index (κ2) is 8.72. The van der Waals surface area contributed by atoms with Gasteiger partial charge in [0, 0.05) is 58.4 Å². The van der Waals surface area contributed by atoms with Crippen LogP contribution < -0.4 is 10.2 Å². The Balaban J connectivity index is 1.34. The van der Waals surface area contributed by atoms with E-state index in [1.54, 1.807) is 42.5 Å². The van der Waals surface area contributed by atoms with Gasteiger partial charge in [0.05, 0.1) is 12.0 Å². The first-order chi connectivity index (χ1) is 14.2. The SMILES string of the molecule is CN=C(NCc1ccc(-n2ccnc2)c(F)c1)N1CCN(c2ccccn2)CC1. The van der Waals surface area contributed by atoms with E-state index in [1.807, 2.05) is 30.5 Å². The Bertz CT molecular complexity index is 948. The lowest BCUT2D eigenvalue weighted by Crippen LogP contribution is -2.52. The van der Waals surface area contributed by atoms with E-state index in [0.717, 1.165) is 43.5 Å². The van der Waals surface area contributed by atoms with Gasteiger partial charge in [-0.15, -0.1) is 0 Å². The predicted octanol–water partition coefficient (Wildman–Crippen LogP) is 2.30. The Kier molecular flexibility index (Phi) is 5.69. The highest BCUT2D eigenvalue weighted by Crippen LogP contribution is 2.16. The van der Waals surface area contributed by atoms with Crippen LogP contribution in [0.4, 0.5) is 10.2 Å². The molecule has 150 valence electrons. The monoisotopic (exact) mass is 393 g/mol. The Morgan fingerprint density at radius 3 is 2.66 bits per heavy atom. The van der Waals surface area contributed by atoms with E-state index >= 15 is 0 Å². The van der Waals surface area contributed by atoms with E-state index < -0.39 is 0 Å². The molecule has 1 saturated heterocycles. The molecule has 0 spiro atoms. The molecule has 7 nitrogen and oxygen atoms in total. The minimum atomic E-state index is -0.277. The van der Waals surface area contributed by atoms with Crippen LogP contribution in [0.2, 0.25) is 0 Å². The fourth-order valence-electron chi connectivity index (χ4n) is 3.47. The van der Waals surface area contributed by atoms with Gasteiger partial charge in [0.25, 0.3) is 0 Å². The molecular weight excluding hydrogens is 369 g/mol. The molecule has 0 amide bonds. The zero-order chi connectivity index (χ0) is 20.1. The van der Waals surface area contributed by atoms with Crippen LogP contribution in [-0.4, -0.2) is 58.6 Å². The summed E-state index contributed by atoms with van der Waals surface area (Å²) in [5.74, 6) is 1.55. The summed E-state index contributed by atoms with van der Waals surface area (Å²) in [6, 6.07) is 11.2. The summed E-state index contributed by atoms with van der Waals surface area (Å²) in [4.78, 5) is 17.3. The lowest BCUT2D eigenvalue weighted by molar-refractivity contribution is 0.371. The second-order valence-electron chi connectivity index (χ2n) is 6.82. The molecule has 1 aliphatic rings. The van der Waals surface area contributed by atoms with Crippen molar-refractivity contribution in [3.05, 3.63) is 72.7 Å². The summed E-state index contributed by atoms with van der Waals surface area (Å²) >= 11 is 0. The number of imidazole rings is 1. The van der Waals surface area contributed by atoms with Crippen molar-refractivity contribution in [3.63, 3.8) is 0 Å². The van der Waals surface area contributed by atoms with Crippen molar-refractivity contribution in [2.75, 3.05) is 38.1 Å². The molecule has 1 fully saturated rings. The van der Waals surface area contributed by atoms with Gasteiger partial charge in [-0.1, -0.05) is 12.1 Å². The molecule has 1 N–H and O–H groups in total. The third kappa shape index (κ3) is 4.37. The fraction of sp³-hybridized carbons (Fsp3) is 0.286. The minimum absolute atomic E-state index is 0.277. The molecular formula is C21H24FN7. The van der Waals surface area contributed by atoms with Crippen molar-refractivity contribution in [2.24, 2.45) is 4.99 Å². The van der Waals surface area contributed by atoms with Crippen molar-refractivity contribution in [3.8, 4) is 5.69 Å². The van der Waals surface area contributed by atoms with Gasteiger partial charge >= 0.3 is 0 Å². The highest BCUT2D eigenvalue weighted by Gasteiger charge is 2.20. The molecule has 3 heterocycles. The molecule has 29 heavy (non-hydrogen) atoms. The first kappa shape index (κ1) is 18.9. The van der Waals surface area contributed by atoms with E-state index in [4.69, 9.17) is 0 Å². The standard InChI is InChI=1S/C21H24FN7/c1-23-21(28-12-10-27(11-13-28)20-4-2-3-7-25-20)26-15-17-5-6-19(18(22)14-17)29-9-8-24-16-29/h2-9,14,16H,10-13,15H2,1H3,(H,23,26). The molecule has 0 atom stereocenters. The fourth-order valence-corrected chi connectivity index (χ4v) is 3.47. The van der Waals surface area contributed by atoms with E-state index in [-0.39, 0.29) is 5.82 Å². The van der Waals surface area contributed by atoms with Crippen molar-refractivity contribution in [2.45, 2.75) is 6.54 Å². The van der Waals surface area contributed by atoms with Gasteiger partial charge in [-0.2, -0.15) is 0 Å². The normalized spacial score (nSPS) is 14.9. The highest BCUT2D eigenvalue weighted by molar-refractivity contribution is 5.80. The molecule has 0 radical (unpaired) electrons. The quantitative estimate of drug-likeness (QED) is 0.544. The van der Waals surface area contributed by atoms with Crippen molar-refractivity contribution in [1.82, 2.24) is 24.8 Å². The number of benzene rings is 1. The number of piperazine rings is 1. The third-order valence-corrected chi connectivity index (χ3v) is 5.01. The number of halogens is 1. The van der Waals surface area contributed by atoms with E-state index in [2.05, 4.69) is 30.1 Å². The molecule has 3 aromatic rings. The number of aromatic nitrogens is 3. The molecule has 0 aliphatic carbocycles. The van der Waals surface area contributed by atoms with Crippen molar-refractivity contribution >= 4 is 11.8 Å². The van der Waals surface area contributed by atoms with E-state index in [1.165, 1.54) is 0 Å². The summed E-state index contributed by atoms with van der Waals surface area (Å²) in [5.41, 5.74) is 1.35. The molecule has 1 aromatic carbocycles. The molecule has 2 aromatic heterocycles. The third-order valence-electron chi connectivity index (χ3n) is 5.01. The number of hydrogen-bond acceptors (Lipinski definition) is 4. The maximum atomic E-state index is 14.5. The van der Waals surface area contributed by atoms with Crippen molar-refractivity contribution < 1.29 is 4.39 Å².